The van der Waals surface area contributed by atoms with Crippen molar-refractivity contribution in [3.8, 4) is 0 Å². The van der Waals surface area contributed by atoms with Crippen molar-refractivity contribution in [1.82, 2.24) is 5.32 Å². The fourth-order valence-corrected chi connectivity index (χ4v) is 10.1. The van der Waals surface area contributed by atoms with E-state index >= 15 is 0 Å². The summed E-state index contributed by atoms with van der Waals surface area (Å²) in [4.78, 5) is 23.9. The second-order valence-electron chi connectivity index (χ2n) is 20.8. The van der Waals surface area contributed by atoms with Crippen molar-refractivity contribution in [2.75, 3.05) is 51.6 Å². The largest absolute Gasteiger partial charge is 0.471 e. The number of aliphatic hydroxyl groups excluding tert-OH is 18. The van der Waals surface area contributed by atoms with Gasteiger partial charge in [0.2, 0.25) is 5.91 Å². The molecule has 2 amide bonds. The van der Waals surface area contributed by atoms with Crippen molar-refractivity contribution in [1.29, 1.82) is 0 Å². The Hall–Kier alpha value is -3.25. The van der Waals surface area contributed by atoms with Crippen LogP contribution in [-0.4, -0.2) is 340 Å². The molecule has 6 aliphatic rings. The molecule has 85 heavy (non-hydrogen) atoms. The summed E-state index contributed by atoms with van der Waals surface area (Å²) in [7, 11) is 0. The zero-order valence-corrected chi connectivity index (χ0v) is 44.7. The molecule has 34 nitrogen and oxygen atoms in total. The summed E-state index contributed by atoms with van der Waals surface area (Å²) in [6.45, 7) is -5.61. The maximum Gasteiger partial charge on any atom is 0.471 e. The molecule has 0 saturated carbocycles. The maximum atomic E-state index is 12.9. The van der Waals surface area contributed by atoms with E-state index in [0.717, 1.165) is 19.1 Å². The van der Waals surface area contributed by atoms with Crippen LogP contribution in [0.4, 0.5) is 18.9 Å². The number of rotatable bonds is 22. The molecule has 1 aromatic rings. The van der Waals surface area contributed by atoms with Crippen molar-refractivity contribution >= 4 is 17.5 Å². The van der Waals surface area contributed by atoms with Gasteiger partial charge < -0.3 is 159 Å². The summed E-state index contributed by atoms with van der Waals surface area (Å²) in [5.41, 5.74) is 0.0981. The van der Waals surface area contributed by atoms with Crippen LogP contribution in [-0.2, 0) is 72.9 Å². The van der Waals surface area contributed by atoms with Gasteiger partial charge >= 0.3 is 12.1 Å². The maximum absolute atomic E-state index is 12.9. The fourth-order valence-electron chi connectivity index (χ4n) is 10.1. The molecule has 0 unspecified atom stereocenters. The molecule has 6 saturated heterocycles. The lowest BCUT2D eigenvalue weighted by Gasteiger charge is -2.51. The van der Waals surface area contributed by atoms with Gasteiger partial charge in [0.1, 0.15) is 146 Å². The first-order chi connectivity index (χ1) is 40.2. The van der Waals surface area contributed by atoms with Gasteiger partial charge in [0, 0.05) is 12.6 Å². The number of aliphatic hydroxyl groups is 18. The molecule has 20 N–H and O–H groups in total. The first-order valence-electron chi connectivity index (χ1n) is 26.6. The van der Waals surface area contributed by atoms with E-state index in [1.165, 1.54) is 12.1 Å². The highest BCUT2D eigenvalue weighted by molar-refractivity contribution is 5.94. The molecule has 6 fully saturated rings. The quantitative estimate of drug-likeness (QED) is 0.0513. The van der Waals surface area contributed by atoms with Crippen LogP contribution in [0.1, 0.15) is 12.5 Å². The van der Waals surface area contributed by atoms with E-state index in [-0.39, 0.29) is 12.1 Å². The molecule has 6 aliphatic heterocycles. The van der Waals surface area contributed by atoms with Crippen molar-refractivity contribution in [2.45, 2.75) is 204 Å². The second kappa shape index (κ2) is 30.0. The molecule has 7 rings (SSSR count). The third-order valence-electron chi connectivity index (χ3n) is 14.9. The summed E-state index contributed by atoms with van der Waals surface area (Å²) in [5.74, 6) is -3.10. The predicted molar refractivity (Wildman–Crippen MR) is 259 cm³/mol. The van der Waals surface area contributed by atoms with Gasteiger partial charge in [-0.2, -0.15) is 13.2 Å². The number of carbonyl (C=O) groups is 2. The summed E-state index contributed by atoms with van der Waals surface area (Å²) in [6.07, 6.45) is -64.1. The zero-order valence-electron chi connectivity index (χ0n) is 44.7. The van der Waals surface area contributed by atoms with Crippen molar-refractivity contribution in [3.63, 3.8) is 0 Å². The van der Waals surface area contributed by atoms with Gasteiger partial charge in [-0.25, -0.2) is 0 Å². The molecule has 37 heteroatoms. The third-order valence-corrected chi connectivity index (χ3v) is 14.9. The molecule has 0 spiro atoms. The minimum Gasteiger partial charge on any atom is -0.394 e. The number of carbonyl (C=O) groups excluding carboxylic acids is 2. The third kappa shape index (κ3) is 15.8. The summed E-state index contributed by atoms with van der Waals surface area (Å²) in [5, 5.41) is 199. The molecule has 488 valence electrons. The molecule has 0 aliphatic carbocycles. The number of benzene rings is 1. The summed E-state index contributed by atoms with van der Waals surface area (Å²) >= 11 is 0. The Morgan fingerprint density at radius 2 is 0.847 bits per heavy atom. The predicted octanol–water partition coefficient (Wildman–Crippen LogP) is -11.2. The SMILES string of the molecule is CC(=O)N[C@H]1[C@@H](O[C@H]2[C@H](O[C@H]3[C@H](O[C@@H]4O[C@H](CO)[C@@H](O)[C@H](O)[C@H]4O)[C@@H](O)[C@@H](OCCc4ccc(NC(=O)C(F)(F)F)cc4)O[C@@H]3CO[C@@H]3O[C@H](CO)[C@@H](O)[C@H](O)[C@H]3O[C@H]3O[C@H](CO)[C@@H](O)[C@H](O)[C@H]3O)O[C@H](CO)[C@@H](O)[C@@H]2O)O[C@H](CO)[C@@H](O)[C@@H]1O. The van der Waals surface area contributed by atoms with Gasteiger partial charge in [-0.1, -0.05) is 12.1 Å². The Kier molecular flexibility index (Phi) is 24.5. The minimum absolute atomic E-state index is 0.141. The average Bonchev–Trinajstić information content (AvgIpc) is 3.62. The normalized spacial score (nSPS) is 44.6. The van der Waals surface area contributed by atoms with Gasteiger partial charge in [0.05, 0.1) is 46.2 Å². The van der Waals surface area contributed by atoms with Gasteiger partial charge in [0.15, 0.2) is 37.7 Å². The Bertz CT molecular complexity index is 2250. The van der Waals surface area contributed by atoms with Crippen LogP contribution in [0, 0.1) is 0 Å². The number of hydrogen-bond acceptors (Lipinski definition) is 32. The van der Waals surface area contributed by atoms with E-state index in [4.69, 9.17) is 56.8 Å². The second-order valence-corrected chi connectivity index (χ2v) is 20.8. The molecule has 30 atom stereocenters. The van der Waals surface area contributed by atoms with Gasteiger partial charge in [-0.3, -0.25) is 9.59 Å². The minimum atomic E-state index is -5.21. The van der Waals surface area contributed by atoms with E-state index in [1.807, 2.05) is 0 Å². The van der Waals surface area contributed by atoms with Crippen LogP contribution in [0.5, 0.6) is 0 Å². The number of amides is 2. The van der Waals surface area contributed by atoms with Gasteiger partial charge in [-0.15, -0.1) is 0 Å². The van der Waals surface area contributed by atoms with Crippen LogP contribution in [0.3, 0.4) is 0 Å². The summed E-state index contributed by atoms with van der Waals surface area (Å²) in [6, 6.07) is 3.11. The number of halogens is 3. The number of anilines is 1. The van der Waals surface area contributed by atoms with E-state index in [1.54, 1.807) is 5.32 Å². The molecule has 0 bridgehead atoms. The van der Waals surface area contributed by atoms with E-state index in [2.05, 4.69) is 5.32 Å². The molecule has 0 aromatic heterocycles. The van der Waals surface area contributed by atoms with Crippen LogP contribution >= 0.6 is 0 Å². The highest BCUT2D eigenvalue weighted by Crippen LogP contribution is 2.38. The topological polar surface area (TPSA) is 533 Å². The average molecular weight is 1250 g/mol. The lowest BCUT2D eigenvalue weighted by molar-refractivity contribution is -0.403. The highest BCUT2D eigenvalue weighted by Gasteiger charge is 2.58. The first kappa shape index (κ1) is 69.2. The highest BCUT2D eigenvalue weighted by atomic mass is 19.4. The Balaban J connectivity index is 1.28. The van der Waals surface area contributed by atoms with Crippen LogP contribution in [0.2, 0.25) is 0 Å². The van der Waals surface area contributed by atoms with E-state index < -0.39 is 248 Å². The molecular formula is C48H73F3N2O32. The van der Waals surface area contributed by atoms with Gasteiger partial charge in [0.25, 0.3) is 0 Å². The van der Waals surface area contributed by atoms with Crippen molar-refractivity contribution < 1.29 is 172 Å². The molecule has 1 aromatic carbocycles. The van der Waals surface area contributed by atoms with Crippen LogP contribution in [0.25, 0.3) is 0 Å². The van der Waals surface area contributed by atoms with Crippen molar-refractivity contribution in [2.24, 2.45) is 0 Å². The smallest absolute Gasteiger partial charge is 0.394 e. The van der Waals surface area contributed by atoms with Crippen LogP contribution < -0.4 is 10.6 Å². The Morgan fingerprint density at radius 3 is 1.33 bits per heavy atom. The van der Waals surface area contributed by atoms with E-state index in [0.29, 0.717) is 5.56 Å². The van der Waals surface area contributed by atoms with Crippen molar-refractivity contribution in [3.05, 3.63) is 29.8 Å². The lowest BCUT2D eigenvalue weighted by atomic mass is 9.95. The fraction of sp³-hybridized carbons (Fsp3) is 0.833. The standard InChI is InChI=1S/C48H73F3N2O32/c1-14(59)52-23-29(65)24(60)17(8-54)76-41(23)84-40-33(69)28(64)21(12-58)80-46(40)82-37-22(13-75-45-39(32(68)27(63)20(11-57)79-45)85-44-35(71)31(67)26(62)19(10-56)78-44)81-42(36(72)38(37)83-43-34(70)30(66)25(61)18(9-55)77-43)74-7-6-15-2-4-16(5-3-15)53-47(73)48(49,50)51/h2-5,17-46,54-58,60-72H,6-13H2,1H3,(H,52,59)(H,53,73)/t17-,18-,19-,20-,21-,22-,23-,24-,25-,26-,27-,28-,29-,30+,31+,32+,33+,34-,35-,36-,37-,38-,39-,40-,41-,42+,43+,44-,45-,46+/m1/s1. The Labute approximate surface area is 478 Å². The summed E-state index contributed by atoms with van der Waals surface area (Å²) < 4.78 is 110. The number of alkyl halides is 3. The monoisotopic (exact) mass is 1250 g/mol. The van der Waals surface area contributed by atoms with Gasteiger partial charge in [-0.05, 0) is 24.1 Å². The first-order valence-corrected chi connectivity index (χ1v) is 26.6. The number of ether oxygens (including phenoxy) is 12. The van der Waals surface area contributed by atoms with E-state index in [9.17, 15) is 115 Å². The lowest BCUT2D eigenvalue weighted by Crippen LogP contribution is -2.69. The number of hydrogen-bond donors (Lipinski definition) is 20. The molecule has 6 heterocycles. The molecule has 0 radical (unpaired) electrons. The Morgan fingerprint density at radius 1 is 0.447 bits per heavy atom. The van der Waals surface area contributed by atoms with Crippen LogP contribution in [0.15, 0.2) is 24.3 Å². The molecular weight excluding hydrogens is 1170 g/mol. The number of nitrogens with one attached hydrogen (secondary N) is 2. The zero-order chi connectivity index (χ0) is 62.5.